The molecule has 0 spiro atoms. The van der Waals surface area contributed by atoms with Crippen LogP contribution in [0.1, 0.15) is 25.6 Å². The maximum absolute atomic E-state index is 12.4. The predicted molar refractivity (Wildman–Crippen MR) is 79.9 cm³/mol. The number of hydrogen-bond acceptors (Lipinski definition) is 5. The second-order valence-corrected chi connectivity index (χ2v) is 6.54. The van der Waals surface area contributed by atoms with Crippen LogP contribution in [0.5, 0.6) is 0 Å². The van der Waals surface area contributed by atoms with Crippen molar-refractivity contribution in [2.45, 2.75) is 44.1 Å². The van der Waals surface area contributed by atoms with E-state index in [0.29, 0.717) is 17.1 Å². The van der Waals surface area contributed by atoms with Crippen molar-refractivity contribution in [3.63, 3.8) is 0 Å². The number of hydrogen-bond donors (Lipinski definition) is 0. The summed E-state index contributed by atoms with van der Waals surface area (Å²) in [6.45, 7) is 6.37. The average Bonchev–Trinajstić information content (AvgIpc) is 2.82. The zero-order valence-electron chi connectivity index (χ0n) is 11.1. The van der Waals surface area contributed by atoms with E-state index < -0.39 is 0 Å². The van der Waals surface area contributed by atoms with Crippen molar-refractivity contribution < 1.29 is 0 Å². The molecule has 4 nitrogen and oxygen atoms in total. The molecule has 2 rings (SSSR count). The molecule has 0 saturated carbocycles. The lowest BCUT2D eigenvalue weighted by Crippen LogP contribution is -2.22. The number of rotatable bonds is 4. The summed E-state index contributed by atoms with van der Waals surface area (Å²) in [6, 6.07) is 4.09. The van der Waals surface area contributed by atoms with Gasteiger partial charge in [0.1, 0.15) is 4.83 Å². The Kier molecular flexibility index (Phi) is 4.27. The van der Waals surface area contributed by atoms with Crippen LogP contribution in [0.15, 0.2) is 16.0 Å². The minimum Gasteiger partial charge on any atom is -0.287 e. The number of nitrogens with zero attached hydrogens (tertiary/aromatic N) is 3. The maximum atomic E-state index is 12.4. The van der Waals surface area contributed by atoms with Crippen LogP contribution in [0.3, 0.4) is 0 Å². The summed E-state index contributed by atoms with van der Waals surface area (Å²) >= 11 is 2.90. The van der Waals surface area contributed by atoms with Gasteiger partial charge in [-0.3, -0.25) is 9.36 Å². The number of aromatic nitrogens is 2. The lowest BCUT2D eigenvalue weighted by Gasteiger charge is -2.10. The summed E-state index contributed by atoms with van der Waals surface area (Å²) in [4.78, 5) is 18.9. The Balaban J connectivity index is 2.63. The van der Waals surface area contributed by atoms with E-state index in [9.17, 15) is 4.79 Å². The number of aryl methyl sites for hydroxylation is 1. The number of nitriles is 1. The monoisotopic (exact) mass is 293 g/mol. The molecule has 0 amide bonds. The highest BCUT2D eigenvalue weighted by molar-refractivity contribution is 8.00. The van der Waals surface area contributed by atoms with Crippen molar-refractivity contribution in [1.29, 1.82) is 5.26 Å². The van der Waals surface area contributed by atoms with Crippen LogP contribution >= 0.6 is 23.1 Å². The number of thioether (sulfide) groups is 1. The van der Waals surface area contributed by atoms with Gasteiger partial charge in [0, 0.05) is 11.4 Å². The molecule has 1 atom stereocenters. The molecule has 100 valence electrons. The predicted octanol–water partition coefficient (Wildman–Crippen LogP) is 3.04. The average molecular weight is 293 g/mol. The number of thiophene rings is 1. The topological polar surface area (TPSA) is 58.7 Å². The first-order valence-corrected chi connectivity index (χ1v) is 7.89. The molecular weight excluding hydrogens is 278 g/mol. The summed E-state index contributed by atoms with van der Waals surface area (Å²) in [6.07, 6.45) is 0.906. The normalized spacial score (nSPS) is 12.5. The van der Waals surface area contributed by atoms with Crippen molar-refractivity contribution in [2.24, 2.45) is 0 Å². The zero-order chi connectivity index (χ0) is 14.0. The molecule has 0 fully saturated rings. The van der Waals surface area contributed by atoms with E-state index in [-0.39, 0.29) is 10.8 Å². The van der Waals surface area contributed by atoms with Crippen LogP contribution in [0, 0.1) is 11.3 Å². The van der Waals surface area contributed by atoms with E-state index in [2.05, 4.69) is 18.0 Å². The first-order chi connectivity index (χ1) is 9.10. The molecule has 0 radical (unpaired) electrons. The Morgan fingerprint density at radius 1 is 1.58 bits per heavy atom. The first-order valence-electron chi connectivity index (χ1n) is 6.20. The molecule has 2 heterocycles. The largest absolute Gasteiger partial charge is 0.287 e. The minimum absolute atomic E-state index is 0.00362. The Labute approximate surface area is 120 Å². The molecule has 0 aromatic carbocycles. The van der Waals surface area contributed by atoms with Crippen molar-refractivity contribution in [3.8, 4) is 6.07 Å². The summed E-state index contributed by atoms with van der Waals surface area (Å²) in [5.41, 5.74) is -0.00362. The van der Waals surface area contributed by atoms with Crippen molar-refractivity contribution in [3.05, 3.63) is 21.3 Å². The van der Waals surface area contributed by atoms with Crippen LogP contribution in [-0.2, 0) is 13.0 Å². The van der Waals surface area contributed by atoms with Gasteiger partial charge in [-0.2, -0.15) is 5.26 Å². The van der Waals surface area contributed by atoms with Crippen LogP contribution in [0.4, 0.5) is 0 Å². The fraction of sp³-hybridized carbons (Fsp3) is 0.462. The van der Waals surface area contributed by atoms with Crippen LogP contribution in [0.2, 0.25) is 0 Å². The first kappa shape index (κ1) is 14.1. The Bertz CT molecular complexity index is 696. The fourth-order valence-corrected chi connectivity index (χ4v) is 3.64. The highest BCUT2D eigenvalue weighted by Crippen LogP contribution is 2.26. The van der Waals surface area contributed by atoms with Crippen LogP contribution in [0.25, 0.3) is 10.2 Å². The minimum atomic E-state index is -0.215. The lowest BCUT2D eigenvalue weighted by atomic mass is 10.3. The molecule has 0 aliphatic rings. The zero-order valence-corrected chi connectivity index (χ0v) is 12.8. The Morgan fingerprint density at radius 3 is 2.89 bits per heavy atom. The Hall–Kier alpha value is -1.32. The van der Waals surface area contributed by atoms with Gasteiger partial charge in [0.2, 0.25) is 0 Å². The summed E-state index contributed by atoms with van der Waals surface area (Å²) < 4.78 is 1.65. The van der Waals surface area contributed by atoms with Crippen molar-refractivity contribution in [1.82, 2.24) is 9.55 Å². The quantitative estimate of drug-likeness (QED) is 0.642. The standard InChI is InChI=1S/C13H15N3OS2/c1-4-9-6-10-11(19-9)15-13(18-8(3)7-14)16(5-2)12(10)17/h6,8H,4-5H2,1-3H3/t8-/m0/s1. The second-order valence-electron chi connectivity index (χ2n) is 4.12. The van der Waals surface area contributed by atoms with Gasteiger partial charge in [-0.05, 0) is 26.3 Å². The third-order valence-electron chi connectivity index (χ3n) is 2.80. The highest BCUT2D eigenvalue weighted by Gasteiger charge is 2.15. The molecule has 19 heavy (non-hydrogen) atoms. The third-order valence-corrected chi connectivity index (χ3v) is 4.95. The van der Waals surface area contributed by atoms with Gasteiger partial charge in [0.05, 0.1) is 16.7 Å². The molecule has 0 aliphatic heterocycles. The summed E-state index contributed by atoms with van der Waals surface area (Å²) in [5.74, 6) is 0. The van der Waals surface area contributed by atoms with Gasteiger partial charge in [0.15, 0.2) is 5.16 Å². The van der Waals surface area contributed by atoms with Gasteiger partial charge in [0.25, 0.3) is 5.56 Å². The third kappa shape index (κ3) is 2.67. The van der Waals surface area contributed by atoms with Gasteiger partial charge in [-0.1, -0.05) is 18.7 Å². The highest BCUT2D eigenvalue weighted by atomic mass is 32.2. The fourth-order valence-electron chi connectivity index (χ4n) is 1.77. The van der Waals surface area contributed by atoms with Gasteiger partial charge in [-0.25, -0.2) is 4.98 Å². The van der Waals surface area contributed by atoms with Crippen LogP contribution < -0.4 is 5.56 Å². The molecule has 0 bridgehead atoms. The van der Waals surface area contributed by atoms with Gasteiger partial charge < -0.3 is 0 Å². The van der Waals surface area contributed by atoms with Crippen molar-refractivity contribution in [2.75, 3.05) is 0 Å². The van der Waals surface area contributed by atoms with Crippen LogP contribution in [-0.4, -0.2) is 14.8 Å². The molecule has 6 heteroatoms. The maximum Gasteiger partial charge on any atom is 0.262 e. The SMILES string of the molecule is CCc1cc2c(=O)n(CC)c(S[C@@H](C)C#N)nc2s1. The molecule has 0 saturated heterocycles. The molecule has 2 aromatic heterocycles. The van der Waals surface area contributed by atoms with E-state index in [0.717, 1.165) is 16.1 Å². The second kappa shape index (κ2) is 5.76. The van der Waals surface area contributed by atoms with Gasteiger partial charge >= 0.3 is 0 Å². The van der Waals surface area contributed by atoms with E-state index in [4.69, 9.17) is 5.26 Å². The molecule has 2 aromatic rings. The van der Waals surface area contributed by atoms with E-state index >= 15 is 0 Å². The molecule has 0 unspecified atom stereocenters. The van der Waals surface area contributed by atoms with Gasteiger partial charge in [-0.15, -0.1) is 11.3 Å². The molecular formula is C13H15N3OS2. The molecule has 0 N–H and O–H groups in total. The Morgan fingerprint density at radius 2 is 2.32 bits per heavy atom. The smallest absolute Gasteiger partial charge is 0.262 e. The summed E-state index contributed by atoms with van der Waals surface area (Å²) in [7, 11) is 0. The number of fused-ring (bicyclic) bond motifs is 1. The summed E-state index contributed by atoms with van der Waals surface area (Å²) in [5, 5.41) is 10.0. The van der Waals surface area contributed by atoms with E-state index in [1.54, 1.807) is 15.9 Å². The lowest BCUT2D eigenvalue weighted by molar-refractivity contribution is 0.635. The molecule has 0 aliphatic carbocycles. The van der Waals surface area contributed by atoms with Crippen molar-refractivity contribution >= 4 is 33.3 Å². The van der Waals surface area contributed by atoms with E-state index in [1.807, 2.05) is 19.9 Å². The van der Waals surface area contributed by atoms with E-state index in [1.165, 1.54) is 11.8 Å².